The monoisotopic (exact) mass is 347 g/mol. The van der Waals surface area contributed by atoms with Crippen LogP contribution in [0.4, 0.5) is 0 Å². The molecular formula is C18H18ClNO4. The number of carbonyl (C=O) groups is 1. The van der Waals surface area contributed by atoms with Crippen molar-refractivity contribution in [3.8, 4) is 11.5 Å². The van der Waals surface area contributed by atoms with E-state index in [4.69, 9.17) is 25.9 Å². The first-order chi connectivity index (χ1) is 11.7. The number of rotatable bonds is 4. The summed E-state index contributed by atoms with van der Waals surface area (Å²) in [6, 6.07) is 13.1. The molecular weight excluding hydrogens is 330 g/mol. The van der Waals surface area contributed by atoms with Crippen molar-refractivity contribution in [1.82, 2.24) is 5.06 Å². The molecule has 0 fully saturated rings. The molecule has 5 nitrogen and oxygen atoms in total. The Hall–Kier alpha value is -2.24. The van der Waals surface area contributed by atoms with Crippen LogP contribution in [0, 0.1) is 0 Å². The minimum Gasteiger partial charge on any atom is -0.493 e. The number of hydroxylamine groups is 2. The van der Waals surface area contributed by atoms with E-state index in [1.807, 2.05) is 42.5 Å². The zero-order chi connectivity index (χ0) is 17.1. The Bertz CT molecular complexity index is 735. The van der Waals surface area contributed by atoms with E-state index in [2.05, 4.69) is 0 Å². The summed E-state index contributed by atoms with van der Waals surface area (Å²) >= 11 is 5.76. The van der Waals surface area contributed by atoms with E-state index in [-0.39, 0.29) is 24.4 Å². The maximum absolute atomic E-state index is 12.3. The van der Waals surface area contributed by atoms with Crippen LogP contribution in [0.3, 0.4) is 0 Å². The summed E-state index contributed by atoms with van der Waals surface area (Å²) in [5, 5.41) is 1.34. The molecule has 0 bridgehead atoms. The summed E-state index contributed by atoms with van der Waals surface area (Å²) in [5.74, 6) is 0.804. The van der Waals surface area contributed by atoms with Crippen LogP contribution >= 0.6 is 11.6 Å². The van der Waals surface area contributed by atoms with Gasteiger partial charge in [0.1, 0.15) is 18.5 Å². The van der Waals surface area contributed by atoms with Crippen LogP contribution in [0.1, 0.15) is 22.7 Å². The molecule has 1 amide bonds. The van der Waals surface area contributed by atoms with Crippen molar-refractivity contribution in [3.05, 3.63) is 59.2 Å². The molecule has 0 saturated heterocycles. The number of halogens is 1. The first-order valence-corrected chi connectivity index (χ1v) is 8.03. The van der Waals surface area contributed by atoms with Gasteiger partial charge in [-0.15, -0.1) is 11.6 Å². The maximum atomic E-state index is 12.3. The van der Waals surface area contributed by atoms with Crippen LogP contribution in [0.25, 0.3) is 0 Å². The topological polar surface area (TPSA) is 48.0 Å². The van der Waals surface area contributed by atoms with E-state index in [1.165, 1.54) is 5.06 Å². The summed E-state index contributed by atoms with van der Waals surface area (Å²) in [7, 11) is 3.18. The van der Waals surface area contributed by atoms with Gasteiger partial charge in [-0.3, -0.25) is 9.63 Å². The van der Waals surface area contributed by atoms with Gasteiger partial charge in [-0.1, -0.05) is 30.3 Å². The quantitative estimate of drug-likeness (QED) is 0.796. The van der Waals surface area contributed by atoms with Gasteiger partial charge in [0.05, 0.1) is 14.2 Å². The van der Waals surface area contributed by atoms with Crippen molar-refractivity contribution in [2.75, 3.05) is 20.1 Å². The molecule has 0 aromatic heterocycles. The molecule has 0 N–H and O–H groups in total. The largest absolute Gasteiger partial charge is 0.493 e. The van der Waals surface area contributed by atoms with E-state index < -0.39 is 0 Å². The highest BCUT2D eigenvalue weighted by Crippen LogP contribution is 2.41. The van der Waals surface area contributed by atoms with Crippen LogP contribution < -0.4 is 9.47 Å². The predicted octanol–water partition coefficient (Wildman–Crippen LogP) is 3.31. The smallest absolute Gasteiger partial charge is 0.261 e. The van der Waals surface area contributed by atoms with Gasteiger partial charge in [-0.2, -0.15) is 0 Å². The number of benzene rings is 2. The summed E-state index contributed by atoms with van der Waals surface area (Å²) in [4.78, 5) is 18.0. The number of carbonyl (C=O) groups excluding carboxylic acids is 1. The number of ether oxygens (including phenoxy) is 2. The lowest BCUT2D eigenvalue weighted by Crippen LogP contribution is -2.39. The Kier molecular flexibility index (Phi) is 4.92. The number of fused-ring (bicyclic) bond motifs is 1. The van der Waals surface area contributed by atoms with Crippen molar-refractivity contribution in [2.45, 2.75) is 12.6 Å². The first-order valence-electron chi connectivity index (χ1n) is 7.50. The molecule has 6 heteroatoms. The molecule has 0 radical (unpaired) electrons. The maximum Gasteiger partial charge on any atom is 0.261 e. The van der Waals surface area contributed by atoms with E-state index in [9.17, 15) is 4.79 Å². The Morgan fingerprint density at radius 3 is 2.50 bits per heavy atom. The van der Waals surface area contributed by atoms with Gasteiger partial charge in [-0.25, -0.2) is 5.06 Å². The lowest BCUT2D eigenvalue weighted by Gasteiger charge is -2.36. The summed E-state index contributed by atoms with van der Waals surface area (Å²) < 4.78 is 10.8. The Morgan fingerprint density at radius 2 is 1.88 bits per heavy atom. The molecule has 1 unspecified atom stereocenters. The molecule has 0 aliphatic carbocycles. The first kappa shape index (κ1) is 16.6. The molecule has 1 atom stereocenters. The Balaban J connectivity index is 2.15. The third kappa shape index (κ3) is 2.92. The lowest BCUT2D eigenvalue weighted by molar-refractivity contribution is -0.206. The van der Waals surface area contributed by atoms with Gasteiger partial charge < -0.3 is 9.47 Å². The molecule has 3 rings (SSSR count). The highest BCUT2D eigenvalue weighted by atomic mass is 35.5. The third-order valence-electron chi connectivity index (χ3n) is 4.01. The minimum absolute atomic E-state index is 0.147. The summed E-state index contributed by atoms with van der Waals surface area (Å²) in [6.45, 7) is 0.266. The second-order valence-electron chi connectivity index (χ2n) is 5.35. The Morgan fingerprint density at radius 1 is 1.21 bits per heavy atom. The van der Waals surface area contributed by atoms with Crippen molar-refractivity contribution >= 4 is 17.5 Å². The van der Waals surface area contributed by atoms with Crippen molar-refractivity contribution < 1.29 is 19.1 Å². The van der Waals surface area contributed by atoms with E-state index >= 15 is 0 Å². The standard InChI is InChI=1S/C18H18ClNO4/c1-22-15-8-13-11-24-20(17(21)10-19)18(12-6-4-3-5-7-12)14(13)9-16(15)23-2/h3-9,18H,10-11H2,1-2H3. The molecule has 126 valence electrons. The zero-order valence-electron chi connectivity index (χ0n) is 13.5. The molecule has 1 aliphatic heterocycles. The fourth-order valence-corrected chi connectivity index (χ4v) is 3.00. The van der Waals surface area contributed by atoms with Crippen molar-refractivity contribution in [3.63, 3.8) is 0 Å². The van der Waals surface area contributed by atoms with Gasteiger partial charge in [0.25, 0.3) is 5.91 Å². The number of alkyl halides is 1. The Labute approximate surface area is 145 Å². The number of nitrogens with zero attached hydrogens (tertiary/aromatic N) is 1. The highest BCUT2D eigenvalue weighted by Gasteiger charge is 2.34. The minimum atomic E-state index is -0.388. The number of hydrogen-bond acceptors (Lipinski definition) is 4. The van der Waals surface area contributed by atoms with Gasteiger partial charge in [-0.05, 0) is 28.8 Å². The van der Waals surface area contributed by atoms with E-state index in [1.54, 1.807) is 14.2 Å². The molecule has 0 spiro atoms. The lowest BCUT2D eigenvalue weighted by atomic mass is 9.92. The molecule has 0 saturated carbocycles. The van der Waals surface area contributed by atoms with Gasteiger partial charge in [0, 0.05) is 0 Å². The average Bonchev–Trinajstić information content (AvgIpc) is 2.65. The molecule has 24 heavy (non-hydrogen) atoms. The van der Waals surface area contributed by atoms with Gasteiger partial charge in [0.2, 0.25) is 0 Å². The molecule has 1 heterocycles. The van der Waals surface area contributed by atoms with Crippen LogP contribution in [0.15, 0.2) is 42.5 Å². The highest BCUT2D eigenvalue weighted by molar-refractivity contribution is 6.27. The van der Waals surface area contributed by atoms with Gasteiger partial charge in [0.15, 0.2) is 11.5 Å². The fraction of sp³-hybridized carbons (Fsp3) is 0.278. The van der Waals surface area contributed by atoms with Crippen LogP contribution in [-0.2, 0) is 16.2 Å². The predicted molar refractivity (Wildman–Crippen MR) is 90.2 cm³/mol. The summed E-state index contributed by atoms with van der Waals surface area (Å²) in [6.07, 6.45) is 0. The number of amides is 1. The molecule has 2 aromatic carbocycles. The molecule has 2 aromatic rings. The van der Waals surface area contributed by atoms with Crippen LogP contribution in [0.5, 0.6) is 11.5 Å². The van der Waals surface area contributed by atoms with Crippen molar-refractivity contribution in [2.24, 2.45) is 0 Å². The van der Waals surface area contributed by atoms with Gasteiger partial charge >= 0.3 is 0 Å². The second-order valence-corrected chi connectivity index (χ2v) is 5.61. The average molecular weight is 348 g/mol. The summed E-state index contributed by atoms with van der Waals surface area (Å²) in [5.41, 5.74) is 2.81. The van der Waals surface area contributed by atoms with E-state index in [0.717, 1.165) is 16.7 Å². The van der Waals surface area contributed by atoms with Crippen LogP contribution in [-0.4, -0.2) is 31.1 Å². The van der Waals surface area contributed by atoms with Crippen molar-refractivity contribution in [1.29, 1.82) is 0 Å². The normalized spacial score (nSPS) is 16.5. The van der Waals surface area contributed by atoms with Crippen LogP contribution in [0.2, 0.25) is 0 Å². The van der Waals surface area contributed by atoms with E-state index in [0.29, 0.717) is 11.5 Å². The number of methoxy groups -OCH3 is 2. The zero-order valence-corrected chi connectivity index (χ0v) is 14.2. The SMILES string of the molecule is COc1cc2c(cc1OC)C(c1ccccc1)N(C(=O)CCl)OC2. The molecule has 1 aliphatic rings. The third-order valence-corrected chi connectivity index (χ3v) is 4.24. The fourth-order valence-electron chi connectivity index (χ4n) is 2.88. The number of hydrogen-bond donors (Lipinski definition) is 0. The second kappa shape index (κ2) is 7.11.